The average molecular weight is 413 g/mol. The van der Waals surface area contributed by atoms with Gasteiger partial charge in [0.05, 0.1) is 23.6 Å². The molecule has 158 valence electrons. The number of para-hydroxylation sites is 3. The van der Waals surface area contributed by atoms with E-state index in [1.54, 1.807) is 24.3 Å². The first kappa shape index (κ1) is 20.4. The van der Waals surface area contributed by atoms with E-state index in [1.807, 2.05) is 37.3 Å². The Labute approximate surface area is 174 Å². The minimum Gasteiger partial charge on any atom is -0.325 e. The molecule has 6 nitrogen and oxygen atoms in total. The summed E-state index contributed by atoms with van der Waals surface area (Å²) in [4.78, 5) is 21.0. The van der Waals surface area contributed by atoms with E-state index in [4.69, 9.17) is 0 Å². The quantitative estimate of drug-likeness (QED) is 0.669. The summed E-state index contributed by atoms with van der Waals surface area (Å²) in [5.41, 5.74) is 1.81. The molecule has 1 fully saturated rings. The number of nitrogens with zero attached hydrogens (tertiary/aromatic N) is 4. The molecule has 0 saturated carbocycles. The minimum atomic E-state index is -2.64. The van der Waals surface area contributed by atoms with Crippen LogP contribution in [0.3, 0.4) is 0 Å². The Bertz CT molecular complexity index is 999. The third kappa shape index (κ3) is 4.34. The second kappa shape index (κ2) is 8.89. The normalized spacial score (nSPS) is 16.8. The number of amides is 1. The number of hydrogen-bond donors (Lipinski definition) is 1. The van der Waals surface area contributed by atoms with Gasteiger partial charge in [0.1, 0.15) is 5.82 Å². The van der Waals surface area contributed by atoms with Gasteiger partial charge < -0.3 is 5.32 Å². The maximum absolute atomic E-state index is 13.8. The SMILES string of the molecule is CC(c1nc2ccccc2n1C(F)F)N1CCN(CC(=O)Nc2ccccc2)CC1. The molecule has 1 N–H and O–H groups in total. The Morgan fingerprint density at radius 2 is 1.70 bits per heavy atom. The van der Waals surface area contributed by atoms with Crippen LogP contribution >= 0.6 is 0 Å². The lowest BCUT2D eigenvalue weighted by Crippen LogP contribution is -2.49. The van der Waals surface area contributed by atoms with Crippen molar-refractivity contribution < 1.29 is 13.6 Å². The highest BCUT2D eigenvalue weighted by molar-refractivity contribution is 5.92. The highest BCUT2D eigenvalue weighted by Crippen LogP contribution is 2.29. The Balaban J connectivity index is 1.38. The zero-order valence-electron chi connectivity index (χ0n) is 16.8. The monoisotopic (exact) mass is 413 g/mol. The van der Waals surface area contributed by atoms with E-state index < -0.39 is 6.55 Å². The summed E-state index contributed by atoms with van der Waals surface area (Å²) in [6.45, 7) is 2.35. The first-order valence-corrected chi connectivity index (χ1v) is 10.1. The molecular weight excluding hydrogens is 388 g/mol. The maximum Gasteiger partial charge on any atom is 0.320 e. The van der Waals surface area contributed by atoms with Crippen molar-refractivity contribution in [3.63, 3.8) is 0 Å². The third-order valence-corrected chi connectivity index (χ3v) is 5.57. The van der Waals surface area contributed by atoms with Crippen LogP contribution in [0.1, 0.15) is 25.3 Å². The number of alkyl halides is 2. The second-order valence-corrected chi connectivity index (χ2v) is 7.51. The molecule has 1 amide bonds. The molecule has 2 aromatic carbocycles. The summed E-state index contributed by atoms with van der Waals surface area (Å²) in [6.07, 6.45) is 0. The highest BCUT2D eigenvalue weighted by Gasteiger charge is 2.28. The van der Waals surface area contributed by atoms with Crippen molar-refractivity contribution in [3.8, 4) is 0 Å². The third-order valence-electron chi connectivity index (χ3n) is 5.57. The van der Waals surface area contributed by atoms with Gasteiger partial charge in [0.2, 0.25) is 5.91 Å². The number of hydrogen-bond acceptors (Lipinski definition) is 4. The standard InChI is InChI=1S/C22H25F2N5O/c1-16(21-26-18-9-5-6-10-19(18)29(21)22(23)24)28-13-11-27(12-14-28)15-20(30)25-17-7-3-2-4-8-17/h2-10,16,22H,11-15H2,1H3,(H,25,30). The number of fused-ring (bicyclic) bond motifs is 1. The molecule has 8 heteroatoms. The molecule has 1 aliphatic rings. The molecule has 1 saturated heterocycles. The molecule has 0 bridgehead atoms. The first-order chi connectivity index (χ1) is 14.5. The Kier molecular flexibility index (Phi) is 6.06. The van der Waals surface area contributed by atoms with Gasteiger partial charge >= 0.3 is 6.55 Å². The van der Waals surface area contributed by atoms with E-state index in [0.29, 0.717) is 49.6 Å². The van der Waals surface area contributed by atoms with E-state index in [9.17, 15) is 13.6 Å². The number of rotatable bonds is 6. The number of carbonyl (C=O) groups is 1. The van der Waals surface area contributed by atoms with Crippen LogP contribution < -0.4 is 5.32 Å². The summed E-state index contributed by atoms with van der Waals surface area (Å²) in [5.74, 6) is 0.323. The van der Waals surface area contributed by atoms with Crippen molar-refractivity contribution in [3.05, 3.63) is 60.4 Å². The molecule has 1 unspecified atom stereocenters. The summed E-state index contributed by atoms with van der Waals surface area (Å²) >= 11 is 0. The largest absolute Gasteiger partial charge is 0.325 e. The molecule has 4 rings (SSSR count). The zero-order chi connectivity index (χ0) is 21.1. The number of carbonyl (C=O) groups excluding carboxylic acids is 1. The van der Waals surface area contributed by atoms with Crippen LogP contribution in [0.25, 0.3) is 11.0 Å². The smallest absolute Gasteiger partial charge is 0.320 e. The summed E-state index contributed by atoms with van der Waals surface area (Å²) in [5, 5.41) is 2.89. The molecule has 0 radical (unpaired) electrons. The van der Waals surface area contributed by atoms with Crippen LogP contribution in [0.4, 0.5) is 14.5 Å². The lowest BCUT2D eigenvalue weighted by molar-refractivity contribution is -0.117. The van der Waals surface area contributed by atoms with Crippen LogP contribution in [0.15, 0.2) is 54.6 Å². The first-order valence-electron chi connectivity index (χ1n) is 10.1. The molecule has 1 atom stereocenters. The van der Waals surface area contributed by atoms with Crippen molar-refractivity contribution >= 4 is 22.6 Å². The fraction of sp³-hybridized carbons (Fsp3) is 0.364. The van der Waals surface area contributed by atoms with Crippen molar-refractivity contribution in [1.29, 1.82) is 0 Å². The predicted octanol–water partition coefficient (Wildman–Crippen LogP) is 3.75. The van der Waals surface area contributed by atoms with E-state index in [-0.39, 0.29) is 11.9 Å². The lowest BCUT2D eigenvalue weighted by atomic mass is 10.2. The van der Waals surface area contributed by atoms with Gasteiger partial charge in [-0.25, -0.2) is 4.98 Å². The number of imidazole rings is 1. The second-order valence-electron chi connectivity index (χ2n) is 7.51. The summed E-state index contributed by atoms with van der Waals surface area (Å²) in [7, 11) is 0. The molecule has 2 heterocycles. The van der Waals surface area contributed by atoms with Crippen molar-refractivity contribution in [2.75, 3.05) is 38.0 Å². The van der Waals surface area contributed by atoms with Gasteiger partial charge in [0.25, 0.3) is 0 Å². The van der Waals surface area contributed by atoms with Crippen LogP contribution in [0, 0.1) is 0 Å². The maximum atomic E-state index is 13.8. The molecule has 1 aromatic heterocycles. The number of piperazine rings is 1. The minimum absolute atomic E-state index is 0.0535. The van der Waals surface area contributed by atoms with Gasteiger partial charge in [-0.05, 0) is 31.2 Å². The van der Waals surface area contributed by atoms with Gasteiger partial charge in [-0.3, -0.25) is 19.2 Å². The molecule has 30 heavy (non-hydrogen) atoms. The van der Waals surface area contributed by atoms with Gasteiger partial charge in [-0.2, -0.15) is 8.78 Å². The van der Waals surface area contributed by atoms with E-state index in [2.05, 4.69) is 20.1 Å². The molecular formula is C22H25F2N5O. The van der Waals surface area contributed by atoms with Crippen LogP contribution in [-0.2, 0) is 4.79 Å². The van der Waals surface area contributed by atoms with E-state index in [1.165, 1.54) is 0 Å². The average Bonchev–Trinajstić information content (AvgIpc) is 3.14. The zero-order valence-corrected chi connectivity index (χ0v) is 16.8. The number of aromatic nitrogens is 2. The Morgan fingerprint density at radius 1 is 1.03 bits per heavy atom. The van der Waals surface area contributed by atoms with Gasteiger partial charge in [-0.15, -0.1) is 0 Å². The van der Waals surface area contributed by atoms with Crippen molar-refractivity contribution in [2.24, 2.45) is 0 Å². The highest BCUT2D eigenvalue weighted by atomic mass is 19.3. The summed E-state index contributed by atoms with van der Waals surface area (Å²) < 4.78 is 28.5. The number of halogens is 2. The van der Waals surface area contributed by atoms with E-state index in [0.717, 1.165) is 10.3 Å². The fourth-order valence-electron chi connectivity index (χ4n) is 3.96. The van der Waals surface area contributed by atoms with Crippen molar-refractivity contribution in [1.82, 2.24) is 19.4 Å². The molecule has 0 aliphatic carbocycles. The molecule has 3 aromatic rings. The Morgan fingerprint density at radius 3 is 2.40 bits per heavy atom. The predicted molar refractivity (Wildman–Crippen MR) is 112 cm³/mol. The summed E-state index contributed by atoms with van der Waals surface area (Å²) in [6, 6.07) is 16.1. The topological polar surface area (TPSA) is 53.4 Å². The van der Waals surface area contributed by atoms with Crippen molar-refractivity contribution in [2.45, 2.75) is 19.5 Å². The number of benzene rings is 2. The number of anilines is 1. The van der Waals surface area contributed by atoms with Gasteiger partial charge in [-0.1, -0.05) is 30.3 Å². The number of nitrogens with one attached hydrogen (secondary N) is 1. The van der Waals surface area contributed by atoms with Crippen LogP contribution in [-0.4, -0.2) is 58.0 Å². The van der Waals surface area contributed by atoms with Crippen LogP contribution in [0.2, 0.25) is 0 Å². The van der Waals surface area contributed by atoms with Gasteiger partial charge in [0, 0.05) is 31.9 Å². The van der Waals surface area contributed by atoms with Crippen LogP contribution in [0.5, 0.6) is 0 Å². The van der Waals surface area contributed by atoms with E-state index >= 15 is 0 Å². The Hall–Kier alpha value is -2.84. The molecule has 0 spiro atoms. The molecule has 1 aliphatic heterocycles. The lowest BCUT2D eigenvalue weighted by Gasteiger charge is -2.37. The van der Waals surface area contributed by atoms with Gasteiger partial charge in [0.15, 0.2) is 0 Å². The fourth-order valence-corrected chi connectivity index (χ4v) is 3.96.